The SMILES string of the molecule is CC(CNC(=O)OCC1c2ccccc2-c2ccccc21)C(=O)NC(C(C)C)C(C)(C)C(=O)O. The first kappa shape index (κ1) is 25.3. The van der Waals surface area contributed by atoms with Gasteiger partial charge in [-0.2, -0.15) is 0 Å². The predicted molar refractivity (Wildman–Crippen MR) is 130 cm³/mol. The third kappa shape index (κ3) is 5.24. The van der Waals surface area contributed by atoms with Gasteiger partial charge in [0.15, 0.2) is 0 Å². The number of nitrogens with one attached hydrogen (secondary N) is 2. The van der Waals surface area contributed by atoms with Gasteiger partial charge in [0.25, 0.3) is 0 Å². The van der Waals surface area contributed by atoms with E-state index in [0.717, 1.165) is 22.3 Å². The number of carboxylic acid groups (broad SMARTS) is 1. The minimum atomic E-state index is -1.12. The van der Waals surface area contributed by atoms with Crippen molar-refractivity contribution in [2.75, 3.05) is 13.2 Å². The van der Waals surface area contributed by atoms with Crippen LogP contribution in [0.2, 0.25) is 0 Å². The molecule has 1 aliphatic carbocycles. The van der Waals surface area contributed by atoms with Gasteiger partial charge in [0, 0.05) is 18.5 Å². The Morgan fingerprint density at radius 3 is 2.00 bits per heavy atom. The average molecular weight is 467 g/mol. The van der Waals surface area contributed by atoms with Gasteiger partial charge in [-0.15, -0.1) is 0 Å². The van der Waals surface area contributed by atoms with Crippen LogP contribution in [0.15, 0.2) is 48.5 Å². The Balaban J connectivity index is 1.54. The topological polar surface area (TPSA) is 105 Å². The molecule has 0 aliphatic heterocycles. The van der Waals surface area contributed by atoms with E-state index in [1.54, 1.807) is 20.8 Å². The molecule has 0 fully saturated rings. The molecule has 0 bridgehead atoms. The fraction of sp³-hybridized carbons (Fsp3) is 0.444. The molecule has 2 amide bonds. The molecule has 0 saturated heterocycles. The summed E-state index contributed by atoms with van der Waals surface area (Å²) in [5.41, 5.74) is 3.45. The van der Waals surface area contributed by atoms with Crippen LogP contribution < -0.4 is 10.6 Å². The molecule has 0 aromatic heterocycles. The monoisotopic (exact) mass is 466 g/mol. The number of benzene rings is 2. The summed E-state index contributed by atoms with van der Waals surface area (Å²) in [6, 6.07) is 15.7. The minimum absolute atomic E-state index is 0.0380. The average Bonchev–Trinajstić information content (AvgIpc) is 3.12. The van der Waals surface area contributed by atoms with Crippen LogP contribution in [0.5, 0.6) is 0 Å². The maximum atomic E-state index is 12.7. The summed E-state index contributed by atoms with van der Waals surface area (Å²) in [5.74, 6) is -1.95. The normalized spacial score (nSPS) is 14.6. The minimum Gasteiger partial charge on any atom is -0.481 e. The van der Waals surface area contributed by atoms with Gasteiger partial charge >= 0.3 is 12.1 Å². The molecule has 7 heteroatoms. The number of alkyl carbamates (subject to hydrolysis) is 1. The number of rotatable bonds is 9. The summed E-state index contributed by atoms with van der Waals surface area (Å²) in [7, 11) is 0. The number of carbonyl (C=O) groups excluding carboxylic acids is 2. The number of aliphatic carboxylic acids is 1. The van der Waals surface area contributed by atoms with Gasteiger partial charge in [-0.25, -0.2) is 4.79 Å². The van der Waals surface area contributed by atoms with Gasteiger partial charge in [0.05, 0.1) is 11.3 Å². The molecule has 0 heterocycles. The zero-order valence-electron chi connectivity index (χ0n) is 20.4. The largest absolute Gasteiger partial charge is 0.481 e. The molecule has 0 spiro atoms. The summed E-state index contributed by atoms with van der Waals surface area (Å²) in [6.45, 7) is 8.90. The smallest absolute Gasteiger partial charge is 0.407 e. The molecule has 182 valence electrons. The second-order valence-corrected chi connectivity index (χ2v) is 9.86. The zero-order chi connectivity index (χ0) is 25.0. The molecule has 0 saturated carbocycles. The van der Waals surface area contributed by atoms with E-state index in [9.17, 15) is 19.5 Å². The van der Waals surface area contributed by atoms with Crippen molar-refractivity contribution in [3.63, 3.8) is 0 Å². The van der Waals surface area contributed by atoms with Gasteiger partial charge in [0.2, 0.25) is 5.91 Å². The number of ether oxygens (including phenoxy) is 1. The van der Waals surface area contributed by atoms with Crippen LogP contribution in [0.3, 0.4) is 0 Å². The second kappa shape index (κ2) is 10.3. The van der Waals surface area contributed by atoms with Crippen molar-refractivity contribution >= 4 is 18.0 Å². The van der Waals surface area contributed by atoms with Crippen LogP contribution in [-0.2, 0) is 14.3 Å². The Morgan fingerprint density at radius 2 is 1.50 bits per heavy atom. The van der Waals surface area contributed by atoms with Crippen molar-refractivity contribution < 1.29 is 24.2 Å². The van der Waals surface area contributed by atoms with Crippen LogP contribution in [0.25, 0.3) is 11.1 Å². The highest BCUT2D eigenvalue weighted by molar-refractivity contribution is 5.82. The van der Waals surface area contributed by atoms with Gasteiger partial charge in [-0.3, -0.25) is 9.59 Å². The third-order valence-electron chi connectivity index (χ3n) is 6.64. The Bertz CT molecular complexity index is 1020. The van der Waals surface area contributed by atoms with Crippen LogP contribution in [0, 0.1) is 17.3 Å². The van der Waals surface area contributed by atoms with E-state index in [0.29, 0.717) is 0 Å². The lowest BCUT2D eigenvalue weighted by Gasteiger charge is -2.35. The molecule has 0 radical (unpaired) electrons. The molecule has 7 nitrogen and oxygen atoms in total. The Morgan fingerprint density at radius 1 is 0.971 bits per heavy atom. The standard InChI is InChI=1S/C27H34N2O5/c1-16(2)23(27(4,5)25(31)32)29-24(30)17(3)14-28-26(33)34-15-22-20-12-8-6-10-18(20)19-11-7-9-13-21(19)22/h6-13,16-17,22-23H,14-15H2,1-5H3,(H,28,33)(H,29,30)(H,31,32). The lowest BCUT2D eigenvalue weighted by Crippen LogP contribution is -2.53. The highest BCUT2D eigenvalue weighted by Gasteiger charge is 2.40. The van der Waals surface area contributed by atoms with Crippen molar-refractivity contribution in [1.82, 2.24) is 10.6 Å². The molecule has 34 heavy (non-hydrogen) atoms. The van der Waals surface area contributed by atoms with Crippen molar-refractivity contribution in [2.24, 2.45) is 17.3 Å². The Labute approximate surface area is 200 Å². The van der Waals surface area contributed by atoms with E-state index in [4.69, 9.17) is 4.74 Å². The Hall–Kier alpha value is -3.35. The number of amides is 2. The van der Waals surface area contributed by atoms with Crippen LogP contribution in [-0.4, -0.2) is 42.3 Å². The number of carboxylic acids is 1. The highest BCUT2D eigenvalue weighted by Crippen LogP contribution is 2.44. The summed E-state index contributed by atoms with van der Waals surface area (Å²) < 4.78 is 5.52. The van der Waals surface area contributed by atoms with Gasteiger partial charge in [-0.1, -0.05) is 69.3 Å². The van der Waals surface area contributed by atoms with E-state index >= 15 is 0 Å². The van der Waals surface area contributed by atoms with Crippen molar-refractivity contribution in [3.05, 3.63) is 59.7 Å². The number of hydrogen-bond donors (Lipinski definition) is 3. The molecule has 3 rings (SSSR count). The molecule has 2 aromatic carbocycles. The first-order chi connectivity index (χ1) is 16.0. The number of carbonyl (C=O) groups is 3. The van der Waals surface area contributed by atoms with Crippen LogP contribution in [0.4, 0.5) is 4.79 Å². The molecule has 2 unspecified atom stereocenters. The summed E-state index contributed by atoms with van der Waals surface area (Å²) in [5, 5.41) is 15.0. The van der Waals surface area contributed by atoms with Crippen LogP contribution in [0.1, 0.15) is 51.7 Å². The van der Waals surface area contributed by atoms with Crippen molar-refractivity contribution in [1.29, 1.82) is 0 Å². The molecule has 3 N–H and O–H groups in total. The maximum Gasteiger partial charge on any atom is 0.407 e. The second-order valence-electron chi connectivity index (χ2n) is 9.86. The first-order valence-corrected chi connectivity index (χ1v) is 11.7. The summed E-state index contributed by atoms with van der Waals surface area (Å²) in [4.78, 5) is 36.7. The zero-order valence-corrected chi connectivity index (χ0v) is 20.4. The quantitative estimate of drug-likeness (QED) is 0.508. The summed E-state index contributed by atoms with van der Waals surface area (Å²) in [6.07, 6.45) is -0.590. The summed E-state index contributed by atoms with van der Waals surface area (Å²) >= 11 is 0. The molecular weight excluding hydrogens is 432 g/mol. The lowest BCUT2D eigenvalue weighted by atomic mass is 9.78. The molecule has 1 aliphatic rings. The lowest BCUT2D eigenvalue weighted by molar-refractivity contribution is -0.150. The maximum absolute atomic E-state index is 12.7. The highest BCUT2D eigenvalue weighted by atomic mass is 16.5. The van der Waals surface area contributed by atoms with E-state index < -0.39 is 29.4 Å². The fourth-order valence-electron chi connectivity index (χ4n) is 4.59. The third-order valence-corrected chi connectivity index (χ3v) is 6.64. The van der Waals surface area contributed by atoms with E-state index in [1.165, 1.54) is 0 Å². The van der Waals surface area contributed by atoms with Gasteiger partial charge < -0.3 is 20.5 Å². The number of hydrogen-bond acceptors (Lipinski definition) is 4. The fourth-order valence-corrected chi connectivity index (χ4v) is 4.59. The van der Waals surface area contributed by atoms with E-state index in [1.807, 2.05) is 38.1 Å². The van der Waals surface area contributed by atoms with E-state index in [-0.39, 0.29) is 30.9 Å². The van der Waals surface area contributed by atoms with Gasteiger partial charge in [0.1, 0.15) is 6.61 Å². The molecule has 2 atom stereocenters. The van der Waals surface area contributed by atoms with E-state index in [2.05, 4.69) is 34.9 Å². The van der Waals surface area contributed by atoms with Crippen LogP contribution >= 0.6 is 0 Å². The van der Waals surface area contributed by atoms with Gasteiger partial charge in [-0.05, 0) is 42.0 Å². The van der Waals surface area contributed by atoms with Crippen molar-refractivity contribution in [3.8, 4) is 11.1 Å². The number of fused-ring (bicyclic) bond motifs is 3. The Kier molecular flexibility index (Phi) is 7.64. The predicted octanol–water partition coefficient (Wildman–Crippen LogP) is 4.41. The molecule has 2 aromatic rings. The van der Waals surface area contributed by atoms with Crippen molar-refractivity contribution in [2.45, 2.75) is 46.6 Å². The first-order valence-electron chi connectivity index (χ1n) is 11.7. The molecular formula is C27H34N2O5.